The van der Waals surface area contributed by atoms with E-state index in [1.54, 1.807) is 0 Å². The molecule has 0 bridgehead atoms. The zero-order valence-electron chi connectivity index (χ0n) is 17.5. The van der Waals surface area contributed by atoms with Crippen LogP contribution in [0.3, 0.4) is 0 Å². The summed E-state index contributed by atoms with van der Waals surface area (Å²) < 4.78 is 5.74. The lowest BCUT2D eigenvalue weighted by atomic mass is 9.98. The van der Waals surface area contributed by atoms with E-state index in [-0.39, 0.29) is 11.9 Å². The summed E-state index contributed by atoms with van der Waals surface area (Å²) in [6.07, 6.45) is 7.29. The number of likely N-dealkylation sites (tertiary alicyclic amines) is 2. The summed E-state index contributed by atoms with van der Waals surface area (Å²) >= 11 is 0. The van der Waals surface area contributed by atoms with Crippen LogP contribution in [0.25, 0.3) is 0 Å². The SMILES string of the molecule is CCOc1ccccc1C(=O)N1CCCC[C@H]2CN(Cc3ccncc3C)C[C@H]21. The van der Waals surface area contributed by atoms with Gasteiger partial charge in [0.25, 0.3) is 5.91 Å². The molecule has 5 heteroatoms. The van der Waals surface area contributed by atoms with Crippen molar-refractivity contribution in [3.8, 4) is 5.75 Å². The summed E-state index contributed by atoms with van der Waals surface area (Å²) in [5.74, 6) is 1.36. The number of hydrogen-bond donors (Lipinski definition) is 0. The zero-order valence-corrected chi connectivity index (χ0v) is 17.5. The number of rotatable bonds is 5. The molecular weight excluding hydrogens is 362 g/mol. The first-order valence-electron chi connectivity index (χ1n) is 10.8. The summed E-state index contributed by atoms with van der Waals surface area (Å²) in [4.78, 5) is 22.4. The van der Waals surface area contributed by atoms with E-state index in [0.29, 0.717) is 23.8 Å². The molecule has 2 fully saturated rings. The molecule has 2 aromatic rings. The lowest BCUT2D eigenvalue weighted by molar-refractivity contribution is 0.0659. The minimum Gasteiger partial charge on any atom is -0.493 e. The Morgan fingerprint density at radius 3 is 2.90 bits per heavy atom. The number of carbonyl (C=O) groups is 1. The summed E-state index contributed by atoms with van der Waals surface area (Å²) in [6.45, 7) is 8.41. The number of nitrogens with zero attached hydrogens (tertiary/aromatic N) is 3. The maximum atomic E-state index is 13.5. The van der Waals surface area contributed by atoms with Crippen LogP contribution in [0.5, 0.6) is 5.75 Å². The second-order valence-corrected chi connectivity index (χ2v) is 8.25. The molecule has 2 aliphatic rings. The van der Waals surface area contributed by atoms with Gasteiger partial charge in [-0.3, -0.25) is 14.7 Å². The second-order valence-electron chi connectivity index (χ2n) is 8.25. The van der Waals surface area contributed by atoms with Crippen LogP contribution in [0, 0.1) is 12.8 Å². The topological polar surface area (TPSA) is 45.7 Å². The van der Waals surface area contributed by atoms with Crippen molar-refractivity contribution >= 4 is 5.91 Å². The van der Waals surface area contributed by atoms with E-state index >= 15 is 0 Å². The number of fused-ring (bicyclic) bond motifs is 1. The first kappa shape index (κ1) is 19.9. The Kier molecular flexibility index (Phi) is 6.14. The van der Waals surface area contributed by atoms with Gasteiger partial charge in [-0.1, -0.05) is 18.6 Å². The van der Waals surface area contributed by atoms with E-state index < -0.39 is 0 Å². The normalized spacial score (nSPS) is 22.2. The third kappa shape index (κ3) is 4.30. The predicted octanol–water partition coefficient (Wildman–Crippen LogP) is 3.92. The molecule has 154 valence electrons. The van der Waals surface area contributed by atoms with E-state index in [2.05, 4.69) is 27.8 Å². The van der Waals surface area contributed by atoms with Gasteiger partial charge in [0.05, 0.1) is 12.2 Å². The first-order valence-corrected chi connectivity index (χ1v) is 10.8. The van der Waals surface area contributed by atoms with Gasteiger partial charge in [-0.2, -0.15) is 0 Å². The summed E-state index contributed by atoms with van der Waals surface area (Å²) in [5, 5.41) is 0. The molecule has 1 aromatic heterocycles. The van der Waals surface area contributed by atoms with Crippen molar-refractivity contribution in [3.63, 3.8) is 0 Å². The van der Waals surface area contributed by atoms with Gasteiger partial charge in [0.15, 0.2) is 0 Å². The molecule has 2 saturated heterocycles. The number of para-hydroxylation sites is 1. The molecule has 29 heavy (non-hydrogen) atoms. The molecule has 1 amide bonds. The first-order chi connectivity index (χ1) is 14.2. The number of ether oxygens (including phenoxy) is 1. The van der Waals surface area contributed by atoms with Crippen LogP contribution in [0.15, 0.2) is 42.7 Å². The number of pyridine rings is 1. The Hall–Kier alpha value is -2.40. The number of carbonyl (C=O) groups excluding carboxylic acids is 1. The van der Waals surface area contributed by atoms with Crippen molar-refractivity contribution in [2.45, 2.75) is 45.7 Å². The Morgan fingerprint density at radius 2 is 2.07 bits per heavy atom. The zero-order chi connectivity index (χ0) is 20.2. The lowest BCUT2D eigenvalue weighted by Gasteiger charge is -2.31. The van der Waals surface area contributed by atoms with Crippen molar-refractivity contribution in [1.82, 2.24) is 14.8 Å². The molecule has 0 spiro atoms. The van der Waals surface area contributed by atoms with Crippen LogP contribution >= 0.6 is 0 Å². The highest BCUT2D eigenvalue weighted by molar-refractivity contribution is 5.97. The van der Waals surface area contributed by atoms with Crippen molar-refractivity contribution in [1.29, 1.82) is 0 Å². The van der Waals surface area contributed by atoms with Crippen LogP contribution in [0.2, 0.25) is 0 Å². The van der Waals surface area contributed by atoms with Gasteiger partial charge < -0.3 is 9.64 Å². The Balaban J connectivity index is 1.54. The van der Waals surface area contributed by atoms with Crippen LogP contribution in [0.4, 0.5) is 0 Å². The minimum atomic E-state index is 0.118. The maximum Gasteiger partial charge on any atom is 0.257 e. The third-order valence-electron chi connectivity index (χ3n) is 6.31. The Labute approximate surface area is 173 Å². The van der Waals surface area contributed by atoms with Gasteiger partial charge in [0.1, 0.15) is 5.75 Å². The smallest absolute Gasteiger partial charge is 0.257 e. The molecule has 0 aliphatic carbocycles. The van der Waals surface area contributed by atoms with Gasteiger partial charge in [0.2, 0.25) is 0 Å². The quantitative estimate of drug-likeness (QED) is 0.773. The van der Waals surface area contributed by atoms with E-state index in [9.17, 15) is 4.79 Å². The number of amides is 1. The highest BCUT2D eigenvalue weighted by atomic mass is 16.5. The van der Waals surface area contributed by atoms with E-state index in [4.69, 9.17) is 4.74 Å². The van der Waals surface area contributed by atoms with E-state index in [1.807, 2.05) is 43.6 Å². The minimum absolute atomic E-state index is 0.118. The van der Waals surface area contributed by atoms with E-state index in [0.717, 1.165) is 32.6 Å². The highest BCUT2D eigenvalue weighted by Crippen LogP contribution is 2.33. The molecule has 2 aliphatic heterocycles. The van der Waals surface area contributed by atoms with Crippen molar-refractivity contribution in [2.75, 3.05) is 26.2 Å². The standard InChI is InChI=1S/C24H31N3O2/c1-3-29-23-10-5-4-9-21(23)24(28)27-13-7-6-8-20-16-26(17-22(20)27)15-19-11-12-25-14-18(19)2/h4-5,9-12,14,20,22H,3,6-8,13,15-17H2,1-2H3/t20-,22+/m0/s1. The van der Waals surface area contributed by atoms with Gasteiger partial charge in [0, 0.05) is 44.6 Å². The number of aromatic nitrogens is 1. The maximum absolute atomic E-state index is 13.5. The van der Waals surface area contributed by atoms with Gasteiger partial charge in [-0.25, -0.2) is 0 Å². The molecular formula is C24H31N3O2. The third-order valence-corrected chi connectivity index (χ3v) is 6.31. The molecule has 1 aromatic carbocycles. The van der Waals surface area contributed by atoms with Crippen molar-refractivity contribution in [3.05, 3.63) is 59.4 Å². The number of aryl methyl sites for hydroxylation is 1. The van der Waals surface area contributed by atoms with Crippen LogP contribution in [0.1, 0.15) is 47.7 Å². The number of hydrogen-bond acceptors (Lipinski definition) is 4. The van der Waals surface area contributed by atoms with Crippen molar-refractivity contribution < 1.29 is 9.53 Å². The molecule has 2 atom stereocenters. The molecule has 0 saturated carbocycles. The fourth-order valence-corrected chi connectivity index (χ4v) is 4.81. The Morgan fingerprint density at radius 1 is 1.21 bits per heavy atom. The largest absolute Gasteiger partial charge is 0.493 e. The summed E-state index contributed by atoms with van der Waals surface area (Å²) in [6, 6.07) is 10.1. The van der Waals surface area contributed by atoms with Gasteiger partial charge in [-0.05, 0) is 61.9 Å². The Bertz CT molecular complexity index is 854. The van der Waals surface area contributed by atoms with Crippen molar-refractivity contribution in [2.24, 2.45) is 5.92 Å². The molecule has 0 unspecified atom stereocenters. The monoisotopic (exact) mass is 393 g/mol. The molecule has 5 nitrogen and oxygen atoms in total. The molecule has 3 heterocycles. The van der Waals surface area contributed by atoms with Gasteiger partial charge in [-0.15, -0.1) is 0 Å². The molecule has 0 radical (unpaired) electrons. The molecule has 4 rings (SSSR count). The van der Waals surface area contributed by atoms with E-state index in [1.165, 1.54) is 24.0 Å². The van der Waals surface area contributed by atoms with Gasteiger partial charge >= 0.3 is 0 Å². The number of benzene rings is 1. The fraction of sp³-hybridized carbons (Fsp3) is 0.500. The second kappa shape index (κ2) is 8.95. The average Bonchev–Trinajstić information content (AvgIpc) is 3.02. The van der Waals surface area contributed by atoms with Crippen LogP contribution in [-0.4, -0.2) is 53.0 Å². The van der Waals surface area contributed by atoms with Crippen LogP contribution in [-0.2, 0) is 6.54 Å². The average molecular weight is 394 g/mol. The summed E-state index contributed by atoms with van der Waals surface area (Å²) in [5.41, 5.74) is 3.26. The highest BCUT2D eigenvalue weighted by Gasteiger charge is 2.40. The fourth-order valence-electron chi connectivity index (χ4n) is 4.81. The lowest BCUT2D eigenvalue weighted by Crippen LogP contribution is -2.44. The summed E-state index contributed by atoms with van der Waals surface area (Å²) in [7, 11) is 0. The van der Waals surface area contributed by atoms with Crippen LogP contribution < -0.4 is 4.74 Å². The predicted molar refractivity (Wildman–Crippen MR) is 114 cm³/mol. The molecule has 0 N–H and O–H groups in total.